The summed E-state index contributed by atoms with van der Waals surface area (Å²) in [6, 6.07) is 13.3. The number of nitrogens with one attached hydrogen (secondary N) is 1. The molecule has 0 saturated heterocycles. The lowest BCUT2D eigenvalue weighted by molar-refractivity contribution is -0.131. The highest BCUT2D eigenvalue weighted by molar-refractivity contribution is 7.85. The molecule has 40 heavy (non-hydrogen) atoms. The van der Waals surface area contributed by atoms with Gasteiger partial charge in [0.25, 0.3) is 0 Å². The van der Waals surface area contributed by atoms with Gasteiger partial charge in [0.2, 0.25) is 0 Å². The molecule has 1 saturated carbocycles. The van der Waals surface area contributed by atoms with Crippen molar-refractivity contribution in [3.05, 3.63) is 59.2 Å². The van der Waals surface area contributed by atoms with Crippen LogP contribution >= 0.6 is 0 Å². The van der Waals surface area contributed by atoms with Crippen molar-refractivity contribution in [2.24, 2.45) is 0 Å². The number of aliphatic hydroxyl groups is 2. The predicted molar refractivity (Wildman–Crippen MR) is 159 cm³/mol. The molecule has 7 nitrogen and oxygen atoms in total. The molecule has 2 unspecified atom stereocenters. The Morgan fingerprint density at radius 3 is 2.52 bits per heavy atom. The number of ether oxygens (including phenoxy) is 2. The number of carbonyl (C=O) groups is 1. The summed E-state index contributed by atoms with van der Waals surface area (Å²) < 4.78 is 23.7. The minimum Gasteiger partial charge on any atom is -0.426 e. The van der Waals surface area contributed by atoms with E-state index in [0.717, 1.165) is 82.4 Å². The molecule has 222 valence electrons. The number of benzene rings is 2. The molecular formula is C32H47NO6S. The highest BCUT2D eigenvalue weighted by Gasteiger charge is 2.22. The lowest BCUT2D eigenvalue weighted by Crippen LogP contribution is -2.22. The van der Waals surface area contributed by atoms with E-state index in [4.69, 9.17) is 9.47 Å². The van der Waals surface area contributed by atoms with E-state index in [1.54, 1.807) is 18.2 Å². The summed E-state index contributed by atoms with van der Waals surface area (Å²) in [5, 5.41) is 23.6. The van der Waals surface area contributed by atoms with Crippen molar-refractivity contribution in [2.45, 2.75) is 100 Å². The normalized spacial score (nSPS) is 15.3. The first-order valence-corrected chi connectivity index (χ1v) is 16.1. The Balaban J connectivity index is 1.16. The fourth-order valence-corrected chi connectivity index (χ4v) is 6.73. The van der Waals surface area contributed by atoms with Crippen LogP contribution in [0, 0.1) is 0 Å². The second-order valence-corrected chi connectivity index (χ2v) is 12.4. The minimum atomic E-state index is -0.860. The van der Waals surface area contributed by atoms with Gasteiger partial charge in [-0.15, -0.1) is 0 Å². The molecule has 0 aromatic heterocycles. The standard InChI is InChI=1S/C32H47NO6S/c1-25(35)39-32-17-16-27(22-28(32)24-34)31(36)23-33-18-7-2-3-8-19-38-20-9-6-11-26-12-10-15-30(21-26)40(37)29-13-4-5-14-29/h10,12,15-17,21-22,29,31,33-34,36H,2-9,11,13-14,18-20,23-24H2,1H3. The monoisotopic (exact) mass is 573 g/mol. The van der Waals surface area contributed by atoms with Gasteiger partial charge in [-0.1, -0.05) is 43.9 Å². The van der Waals surface area contributed by atoms with Crippen molar-refractivity contribution in [1.82, 2.24) is 5.32 Å². The topological polar surface area (TPSA) is 105 Å². The SMILES string of the molecule is CC(=O)Oc1ccc(C(O)CNCCCCCCOCCCCc2cccc(S(=O)C3CCCC3)c2)cc1CO. The Bertz CT molecular complexity index is 1060. The molecule has 3 N–H and O–H groups in total. The van der Waals surface area contributed by atoms with Gasteiger partial charge in [-0.2, -0.15) is 0 Å². The predicted octanol–water partition coefficient (Wildman–Crippen LogP) is 5.38. The summed E-state index contributed by atoms with van der Waals surface area (Å²) in [6.45, 7) is 3.87. The van der Waals surface area contributed by atoms with Crippen molar-refractivity contribution < 1.29 is 28.7 Å². The Morgan fingerprint density at radius 2 is 1.77 bits per heavy atom. The largest absolute Gasteiger partial charge is 0.426 e. The van der Waals surface area contributed by atoms with Crippen molar-refractivity contribution in [1.29, 1.82) is 0 Å². The highest BCUT2D eigenvalue weighted by Crippen LogP contribution is 2.27. The average Bonchev–Trinajstić information content (AvgIpc) is 3.50. The summed E-state index contributed by atoms with van der Waals surface area (Å²) in [6.07, 6.45) is 11.3. The molecule has 1 fully saturated rings. The highest BCUT2D eigenvalue weighted by atomic mass is 32.2. The van der Waals surface area contributed by atoms with Gasteiger partial charge in [0.15, 0.2) is 0 Å². The van der Waals surface area contributed by atoms with Crippen molar-refractivity contribution in [3.8, 4) is 5.75 Å². The van der Waals surface area contributed by atoms with E-state index in [1.165, 1.54) is 25.3 Å². The van der Waals surface area contributed by atoms with E-state index >= 15 is 0 Å². The molecule has 2 aromatic carbocycles. The smallest absolute Gasteiger partial charge is 0.308 e. The van der Waals surface area contributed by atoms with Gasteiger partial charge in [0.05, 0.1) is 23.5 Å². The van der Waals surface area contributed by atoms with E-state index in [-0.39, 0.29) is 6.61 Å². The van der Waals surface area contributed by atoms with Crippen molar-refractivity contribution in [2.75, 3.05) is 26.3 Å². The molecule has 0 spiro atoms. The molecule has 0 aliphatic heterocycles. The number of aryl methyl sites for hydroxylation is 1. The van der Waals surface area contributed by atoms with Crippen molar-refractivity contribution in [3.63, 3.8) is 0 Å². The summed E-state index contributed by atoms with van der Waals surface area (Å²) in [5.74, 6) is -0.128. The van der Waals surface area contributed by atoms with Crippen LogP contribution in [0.25, 0.3) is 0 Å². The molecule has 2 aromatic rings. The van der Waals surface area contributed by atoms with Gasteiger partial charge < -0.3 is 25.0 Å². The van der Waals surface area contributed by atoms with Gasteiger partial charge in [0.1, 0.15) is 5.75 Å². The minimum absolute atomic E-state index is 0.265. The van der Waals surface area contributed by atoms with Crippen LogP contribution in [0.2, 0.25) is 0 Å². The van der Waals surface area contributed by atoms with Crippen molar-refractivity contribution >= 4 is 16.8 Å². The van der Waals surface area contributed by atoms with Crippen LogP contribution in [0.4, 0.5) is 0 Å². The zero-order valence-corrected chi connectivity index (χ0v) is 24.8. The van der Waals surface area contributed by atoms with Gasteiger partial charge >= 0.3 is 5.97 Å². The second-order valence-electron chi connectivity index (χ2n) is 10.7. The van der Waals surface area contributed by atoms with Crippen LogP contribution in [0.5, 0.6) is 5.75 Å². The second kappa shape index (κ2) is 18.4. The Labute approximate surface area is 242 Å². The third-order valence-electron chi connectivity index (χ3n) is 7.36. The third-order valence-corrected chi connectivity index (χ3v) is 9.16. The lowest BCUT2D eigenvalue weighted by atomic mass is 10.1. The molecular weight excluding hydrogens is 526 g/mol. The number of aliphatic hydroxyl groups excluding tert-OH is 2. The fourth-order valence-electron chi connectivity index (χ4n) is 5.11. The maximum Gasteiger partial charge on any atom is 0.308 e. The van der Waals surface area contributed by atoms with E-state index in [2.05, 4.69) is 17.4 Å². The molecule has 2 atom stereocenters. The Hall–Kier alpha value is -2.10. The number of rotatable bonds is 19. The molecule has 0 radical (unpaired) electrons. The molecule has 1 aliphatic rings. The molecule has 0 bridgehead atoms. The fraction of sp³-hybridized carbons (Fsp3) is 0.594. The molecule has 0 heterocycles. The summed E-state index contributed by atoms with van der Waals surface area (Å²) >= 11 is 0. The zero-order chi connectivity index (χ0) is 28.6. The van der Waals surface area contributed by atoms with Gasteiger partial charge in [-0.3, -0.25) is 9.00 Å². The molecule has 0 amide bonds. The summed E-state index contributed by atoms with van der Waals surface area (Å²) in [4.78, 5) is 12.2. The number of carbonyl (C=O) groups excluding carboxylic acids is 1. The van der Waals surface area contributed by atoms with E-state index in [0.29, 0.717) is 28.7 Å². The average molecular weight is 574 g/mol. The molecule has 1 aliphatic carbocycles. The Morgan fingerprint density at radius 1 is 1.02 bits per heavy atom. The maximum atomic E-state index is 12.8. The number of esters is 1. The van der Waals surface area contributed by atoms with Crippen LogP contribution in [0.3, 0.4) is 0 Å². The zero-order valence-electron chi connectivity index (χ0n) is 23.9. The molecule has 8 heteroatoms. The number of hydrogen-bond acceptors (Lipinski definition) is 7. The maximum absolute atomic E-state index is 12.8. The van der Waals surface area contributed by atoms with E-state index in [9.17, 15) is 19.2 Å². The number of unbranched alkanes of at least 4 members (excludes halogenated alkanes) is 4. The van der Waals surface area contributed by atoms with Gasteiger partial charge in [-0.05, 0) is 86.9 Å². The van der Waals surface area contributed by atoms with Gasteiger partial charge in [0, 0.05) is 42.4 Å². The molecule has 3 rings (SSSR count). The first-order valence-electron chi connectivity index (χ1n) is 14.9. The third kappa shape index (κ3) is 11.4. The first-order chi connectivity index (χ1) is 19.5. The first kappa shape index (κ1) is 32.4. The summed E-state index contributed by atoms with van der Waals surface area (Å²) in [7, 11) is -0.860. The van der Waals surface area contributed by atoms with Crippen LogP contribution in [-0.4, -0.2) is 51.9 Å². The number of hydrogen-bond donors (Lipinski definition) is 3. The van der Waals surface area contributed by atoms with Gasteiger partial charge in [-0.25, -0.2) is 0 Å². The van der Waals surface area contributed by atoms with Crippen LogP contribution in [0.1, 0.15) is 93.9 Å². The van der Waals surface area contributed by atoms with E-state index in [1.807, 2.05) is 12.1 Å². The Kier molecular flexibility index (Phi) is 14.9. The lowest BCUT2D eigenvalue weighted by Gasteiger charge is -2.15. The van der Waals surface area contributed by atoms with Crippen LogP contribution < -0.4 is 10.1 Å². The van der Waals surface area contributed by atoms with Crippen LogP contribution in [-0.2, 0) is 33.4 Å². The van der Waals surface area contributed by atoms with Crippen LogP contribution in [0.15, 0.2) is 47.4 Å². The van der Waals surface area contributed by atoms with E-state index < -0.39 is 22.9 Å². The summed E-state index contributed by atoms with van der Waals surface area (Å²) in [5.41, 5.74) is 2.43. The quantitative estimate of drug-likeness (QED) is 0.118.